The minimum absolute atomic E-state index is 0.130. The Morgan fingerprint density at radius 1 is 1.38 bits per heavy atom. The van der Waals surface area contributed by atoms with Crippen LogP contribution in [0.5, 0.6) is 0 Å². The molecule has 1 heterocycles. The van der Waals surface area contributed by atoms with Gasteiger partial charge in [-0.1, -0.05) is 12.5 Å². The van der Waals surface area contributed by atoms with E-state index in [-0.39, 0.29) is 12.1 Å². The van der Waals surface area contributed by atoms with Gasteiger partial charge in [0, 0.05) is 25.0 Å². The van der Waals surface area contributed by atoms with Gasteiger partial charge >= 0.3 is 6.03 Å². The van der Waals surface area contributed by atoms with Crippen LogP contribution in [0.4, 0.5) is 4.79 Å². The first-order valence-electron chi connectivity index (χ1n) is 7.75. The van der Waals surface area contributed by atoms with Crippen LogP contribution in [-0.2, 0) is 6.42 Å². The van der Waals surface area contributed by atoms with Crippen LogP contribution in [0, 0.1) is 12.8 Å². The Labute approximate surface area is 126 Å². The molecule has 0 radical (unpaired) electrons. The molecule has 5 nitrogen and oxygen atoms in total. The van der Waals surface area contributed by atoms with E-state index in [2.05, 4.69) is 15.6 Å². The lowest BCUT2D eigenvalue weighted by atomic mass is 9.87. The molecule has 0 bridgehead atoms. The Hall–Kier alpha value is -1.62. The second-order valence-electron chi connectivity index (χ2n) is 5.88. The van der Waals surface area contributed by atoms with Crippen molar-refractivity contribution in [3.05, 3.63) is 29.6 Å². The molecule has 2 rings (SSSR count). The fourth-order valence-electron chi connectivity index (χ4n) is 2.71. The van der Waals surface area contributed by atoms with Crippen molar-refractivity contribution < 1.29 is 9.90 Å². The van der Waals surface area contributed by atoms with E-state index in [0.29, 0.717) is 19.0 Å². The number of carbonyl (C=O) groups is 1. The Morgan fingerprint density at radius 3 is 2.95 bits per heavy atom. The van der Waals surface area contributed by atoms with Gasteiger partial charge in [0.15, 0.2) is 0 Å². The van der Waals surface area contributed by atoms with Gasteiger partial charge in [0.2, 0.25) is 0 Å². The zero-order chi connectivity index (χ0) is 15.1. The van der Waals surface area contributed by atoms with E-state index in [4.69, 9.17) is 0 Å². The van der Waals surface area contributed by atoms with Gasteiger partial charge in [0.05, 0.1) is 6.10 Å². The monoisotopic (exact) mass is 291 g/mol. The van der Waals surface area contributed by atoms with E-state index in [1.165, 1.54) is 0 Å². The van der Waals surface area contributed by atoms with Gasteiger partial charge in [-0.3, -0.25) is 4.98 Å². The summed E-state index contributed by atoms with van der Waals surface area (Å²) in [6.07, 6.45) is 6.27. The van der Waals surface area contributed by atoms with Crippen LogP contribution in [0.1, 0.15) is 36.9 Å². The van der Waals surface area contributed by atoms with Crippen LogP contribution >= 0.6 is 0 Å². The zero-order valence-electron chi connectivity index (χ0n) is 12.6. The lowest BCUT2D eigenvalue weighted by Crippen LogP contribution is -2.40. The summed E-state index contributed by atoms with van der Waals surface area (Å²) in [7, 11) is 0. The topological polar surface area (TPSA) is 74.2 Å². The molecular weight excluding hydrogens is 266 g/mol. The summed E-state index contributed by atoms with van der Waals surface area (Å²) in [6.45, 7) is 3.20. The summed E-state index contributed by atoms with van der Waals surface area (Å²) in [4.78, 5) is 15.9. The van der Waals surface area contributed by atoms with Gasteiger partial charge in [0.1, 0.15) is 0 Å². The smallest absolute Gasteiger partial charge is 0.314 e. The quantitative estimate of drug-likeness (QED) is 0.774. The number of aliphatic hydroxyl groups is 1. The molecule has 2 atom stereocenters. The molecule has 21 heavy (non-hydrogen) atoms. The van der Waals surface area contributed by atoms with E-state index < -0.39 is 0 Å². The summed E-state index contributed by atoms with van der Waals surface area (Å²) in [5.74, 6) is 0.404. The van der Waals surface area contributed by atoms with Gasteiger partial charge in [-0.25, -0.2) is 4.79 Å². The first-order chi connectivity index (χ1) is 10.1. The third-order valence-electron chi connectivity index (χ3n) is 3.98. The summed E-state index contributed by atoms with van der Waals surface area (Å²) in [5.41, 5.74) is 2.12. The van der Waals surface area contributed by atoms with E-state index >= 15 is 0 Å². The van der Waals surface area contributed by atoms with E-state index in [0.717, 1.165) is 43.4 Å². The second kappa shape index (κ2) is 7.98. The lowest BCUT2D eigenvalue weighted by molar-refractivity contribution is 0.101. The summed E-state index contributed by atoms with van der Waals surface area (Å²) >= 11 is 0. The van der Waals surface area contributed by atoms with Crippen molar-refractivity contribution in [2.45, 2.75) is 45.1 Å². The third-order valence-corrected chi connectivity index (χ3v) is 3.98. The average molecular weight is 291 g/mol. The minimum atomic E-state index is -0.192. The highest BCUT2D eigenvalue weighted by Gasteiger charge is 2.20. The first kappa shape index (κ1) is 15.8. The van der Waals surface area contributed by atoms with Crippen molar-refractivity contribution in [1.82, 2.24) is 15.6 Å². The number of amides is 2. The van der Waals surface area contributed by atoms with Gasteiger partial charge in [0.25, 0.3) is 0 Å². The summed E-state index contributed by atoms with van der Waals surface area (Å²) < 4.78 is 0. The number of carbonyl (C=O) groups excluding carboxylic acids is 1. The number of pyridine rings is 1. The maximum Gasteiger partial charge on any atom is 0.314 e. The van der Waals surface area contributed by atoms with E-state index in [1.54, 1.807) is 0 Å². The van der Waals surface area contributed by atoms with Crippen molar-refractivity contribution in [1.29, 1.82) is 0 Å². The number of hydrogen-bond donors (Lipinski definition) is 3. The molecule has 2 unspecified atom stereocenters. The molecular formula is C16H25N3O2. The van der Waals surface area contributed by atoms with E-state index in [9.17, 15) is 9.90 Å². The highest BCUT2D eigenvalue weighted by Crippen LogP contribution is 2.23. The van der Waals surface area contributed by atoms with Gasteiger partial charge < -0.3 is 15.7 Å². The number of rotatable bonds is 5. The molecule has 1 aromatic rings. The predicted octanol–water partition coefficient (Wildman–Crippen LogP) is 1.78. The molecule has 0 aromatic carbocycles. The maximum absolute atomic E-state index is 11.7. The van der Waals surface area contributed by atoms with Crippen LogP contribution in [0.15, 0.2) is 18.3 Å². The largest absolute Gasteiger partial charge is 0.393 e. The van der Waals surface area contributed by atoms with E-state index in [1.807, 2.05) is 25.3 Å². The number of aryl methyl sites for hydroxylation is 1. The molecule has 1 fully saturated rings. The Morgan fingerprint density at radius 2 is 2.24 bits per heavy atom. The molecule has 116 valence electrons. The lowest BCUT2D eigenvalue weighted by Gasteiger charge is -2.25. The van der Waals surface area contributed by atoms with Gasteiger partial charge in [-0.2, -0.15) is 0 Å². The van der Waals surface area contributed by atoms with Crippen molar-refractivity contribution >= 4 is 6.03 Å². The van der Waals surface area contributed by atoms with Crippen molar-refractivity contribution in [3.63, 3.8) is 0 Å². The van der Waals surface area contributed by atoms with Crippen molar-refractivity contribution in [2.75, 3.05) is 13.1 Å². The van der Waals surface area contributed by atoms with Crippen LogP contribution in [0.2, 0.25) is 0 Å². The third kappa shape index (κ3) is 5.71. The second-order valence-corrected chi connectivity index (χ2v) is 5.88. The Balaban J connectivity index is 1.60. The van der Waals surface area contributed by atoms with Crippen molar-refractivity contribution in [2.24, 2.45) is 5.92 Å². The number of aliphatic hydroxyl groups excluding tert-OH is 1. The molecule has 2 amide bonds. The molecule has 0 saturated heterocycles. The van der Waals surface area contributed by atoms with Crippen LogP contribution in [0.25, 0.3) is 0 Å². The number of nitrogens with zero attached hydrogens (tertiary/aromatic N) is 1. The van der Waals surface area contributed by atoms with Crippen LogP contribution < -0.4 is 10.6 Å². The number of urea groups is 1. The fraction of sp³-hybridized carbons (Fsp3) is 0.625. The van der Waals surface area contributed by atoms with Gasteiger partial charge in [-0.15, -0.1) is 0 Å². The maximum atomic E-state index is 11.7. The molecule has 0 spiro atoms. The molecule has 1 aliphatic carbocycles. The molecule has 0 aliphatic heterocycles. The first-order valence-corrected chi connectivity index (χ1v) is 7.75. The fourth-order valence-corrected chi connectivity index (χ4v) is 2.71. The summed E-state index contributed by atoms with van der Waals surface area (Å²) in [5, 5.41) is 15.3. The number of nitrogens with one attached hydrogen (secondary N) is 2. The van der Waals surface area contributed by atoms with Crippen molar-refractivity contribution in [3.8, 4) is 0 Å². The number of aromatic nitrogens is 1. The molecule has 1 aliphatic rings. The highest BCUT2D eigenvalue weighted by atomic mass is 16.3. The molecule has 3 N–H and O–H groups in total. The average Bonchev–Trinajstić information content (AvgIpc) is 2.47. The molecule has 5 heteroatoms. The predicted molar refractivity (Wildman–Crippen MR) is 82.0 cm³/mol. The molecule has 1 aromatic heterocycles. The highest BCUT2D eigenvalue weighted by molar-refractivity contribution is 5.73. The van der Waals surface area contributed by atoms with Crippen LogP contribution in [0.3, 0.4) is 0 Å². The summed E-state index contributed by atoms with van der Waals surface area (Å²) in [6, 6.07) is 3.88. The molecule has 1 saturated carbocycles. The zero-order valence-corrected chi connectivity index (χ0v) is 12.6. The normalized spacial score (nSPS) is 21.8. The minimum Gasteiger partial charge on any atom is -0.393 e. The Kier molecular flexibility index (Phi) is 5.99. The SMILES string of the molecule is Cc1ccc(CCNC(=O)NCC2CCCC(O)C2)cn1. The number of hydrogen-bond acceptors (Lipinski definition) is 3. The van der Waals surface area contributed by atoms with Crippen LogP contribution in [-0.4, -0.2) is 35.3 Å². The van der Waals surface area contributed by atoms with Gasteiger partial charge in [-0.05, 0) is 50.2 Å². The standard InChI is InChI=1S/C16H25N3O2/c1-12-5-6-13(10-18-12)7-8-17-16(21)19-11-14-3-2-4-15(20)9-14/h5-6,10,14-15,20H,2-4,7-9,11H2,1H3,(H2,17,19,21). The Bertz CT molecular complexity index is 447.